The van der Waals surface area contributed by atoms with Gasteiger partial charge in [-0.25, -0.2) is 4.98 Å². The molecule has 1 saturated heterocycles. The van der Waals surface area contributed by atoms with Gasteiger partial charge in [-0.15, -0.1) is 0 Å². The van der Waals surface area contributed by atoms with Crippen molar-refractivity contribution in [2.75, 3.05) is 18.1 Å². The molecule has 1 aromatic heterocycles. The molecule has 336 valence electrons. The van der Waals surface area contributed by atoms with Crippen molar-refractivity contribution in [1.29, 1.82) is 0 Å². The summed E-state index contributed by atoms with van der Waals surface area (Å²) in [5, 5.41) is 50.1. The lowest BCUT2D eigenvalue weighted by Gasteiger charge is -2.64. The minimum Gasteiger partial charge on any atom is -0.392 e. The summed E-state index contributed by atoms with van der Waals surface area (Å²) in [5.74, 6) is 2.23. The number of aromatic nitrogens is 2. The third kappa shape index (κ3) is 5.93. The SMILES string of the molecule is CC1(C)CC(n2ccnc2)CSSCC2CC(C3CC4CCC5C=CC6CCCC7=C1C(C4=C5C76)C3O)C1(C)CC(CN=C(N)N)C3C(=CC(=O)C4CC(O)C(O)CC43C)C21O. The summed E-state index contributed by atoms with van der Waals surface area (Å²) >= 11 is 0. The van der Waals surface area contributed by atoms with E-state index in [-0.39, 0.29) is 71.5 Å². The summed E-state index contributed by atoms with van der Waals surface area (Å²) in [5.41, 5.74) is 16.4. The number of ketones is 1. The average Bonchev–Trinajstić information content (AvgIpc) is 3.85. The number of hydrogen-bond acceptors (Lipinski definition) is 9. The van der Waals surface area contributed by atoms with Crippen LogP contribution in [-0.4, -0.2) is 83.7 Å². The van der Waals surface area contributed by atoms with E-state index in [1.807, 2.05) is 34.1 Å². The Morgan fingerprint density at radius 1 is 0.952 bits per heavy atom. The number of aliphatic hydroxyl groups is 4. The van der Waals surface area contributed by atoms with Gasteiger partial charge in [0, 0.05) is 65.6 Å². The van der Waals surface area contributed by atoms with Crippen LogP contribution in [-0.2, 0) is 4.79 Å². The topological polar surface area (TPSA) is 180 Å². The van der Waals surface area contributed by atoms with Crippen molar-refractivity contribution in [3.63, 3.8) is 0 Å². The van der Waals surface area contributed by atoms with Crippen LogP contribution < -0.4 is 11.5 Å². The standard InChI is InChI=1S/C50H69N5O5S2/c1-47(2)19-30(55-13-12-53-24-55)23-62-61-22-29-15-33(32-14-27-11-10-26-9-8-25-6-5-7-31-39(25)40(26)41(27)42(44(31)47)45(32)59)49(4)18-28(21-54-46(51)52)43-35(50(29,49)60)17-36(56)34-16-37(57)38(58)20-48(34,43)3/h8-9,12-13,17,24-30,32-34,37-39,42-43,45,57-60H,5-7,10-11,14-16,18-23H2,1-4H3,(H4,51,52,54). The lowest BCUT2D eigenvalue weighted by molar-refractivity contribution is -0.171. The number of aliphatic imine (C=N–C) groups is 1. The van der Waals surface area contributed by atoms with E-state index in [4.69, 9.17) is 11.5 Å². The lowest BCUT2D eigenvalue weighted by Crippen LogP contribution is -2.65. The Kier molecular flexibility index (Phi) is 10.1. The summed E-state index contributed by atoms with van der Waals surface area (Å²) in [6, 6.07) is 0.192. The smallest absolute Gasteiger partial charge is 0.185 e. The molecule has 0 aromatic carbocycles. The van der Waals surface area contributed by atoms with E-state index < -0.39 is 40.7 Å². The fourth-order valence-electron chi connectivity index (χ4n) is 17.4. The number of fused-ring (bicyclic) bond motifs is 11. The van der Waals surface area contributed by atoms with Crippen LogP contribution in [0.5, 0.6) is 0 Å². The number of guanidine groups is 1. The highest BCUT2D eigenvalue weighted by Crippen LogP contribution is 2.74. The van der Waals surface area contributed by atoms with Crippen LogP contribution in [0.25, 0.3) is 0 Å². The molecule has 18 atom stereocenters. The van der Waals surface area contributed by atoms with Crippen molar-refractivity contribution in [1.82, 2.24) is 9.55 Å². The highest BCUT2D eigenvalue weighted by atomic mass is 33.1. The minimum atomic E-state index is -1.34. The van der Waals surface area contributed by atoms with Gasteiger partial charge in [0.05, 0.1) is 30.2 Å². The van der Waals surface area contributed by atoms with Gasteiger partial charge in [0.15, 0.2) is 11.7 Å². The number of imidazole rings is 1. The molecule has 9 aliphatic carbocycles. The van der Waals surface area contributed by atoms with Crippen molar-refractivity contribution in [2.45, 2.75) is 128 Å². The fourth-order valence-corrected chi connectivity index (χ4v) is 20.1. The number of aliphatic hydroxyl groups excluding tert-OH is 3. The normalized spacial score (nSPS) is 48.9. The van der Waals surface area contributed by atoms with Gasteiger partial charge in [-0.3, -0.25) is 9.79 Å². The summed E-state index contributed by atoms with van der Waals surface area (Å²) in [6.45, 7) is 9.69. The van der Waals surface area contributed by atoms with Crippen LogP contribution in [0.4, 0.5) is 0 Å². The van der Waals surface area contributed by atoms with E-state index in [9.17, 15) is 25.2 Å². The highest BCUT2D eigenvalue weighted by molar-refractivity contribution is 8.76. The number of rotatable bonds is 3. The molecule has 6 fully saturated rings. The monoisotopic (exact) mass is 883 g/mol. The first-order chi connectivity index (χ1) is 29.6. The molecular formula is C50H69N5O5S2. The molecule has 5 saturated carbocycles. The van der Waals surface area contributed by atoms with Gasteiger partial charge < -0.3 is 36.5 Å². The van der Waals surface area contributed by atoms with E-state index in [0.29, 0.717) is 42.4 Å². The van der Waals surface area contributed by atoms with Gasteiger partial charge in [0.1, 0.15) is 0 Å². The molecular weight excluding hydrogens is 815 g/mol. The second kappa shape index (κ2) is 14.8. The molecule has 18 unspecified atom stereocenters. The van der Waals surface area contributed by atoms with E-state index in [1.165, 1.54) is 18.4 Å². The number of carbonyl (C=O) groups is 1. The van der Waals surface area contributed by atoms with E-state index in [2.05, 4.69) is 60.6 Å². The third-order valence-corrected chi connectivity index (χ3v) is 22.1. The van der Waals surface area contributed by atoms with Crippen LogP contribution in [0.2, 0.25) is 0 Å². The van der Waals surface area contributed by atoms with Crippen molar-refractivity contribution in [3.05, 3.63) is 64.8 Å². The summed E-state index contributed by atoms with van der Waals surface area (Å²) < 4.78 is 2.30. The summed E-state index contributed by atoms with van der Waals surface area (Å²) in [4.78, 5) is 23.8. The molecule has 12 heteroatoms. The number of carbonyl (C=O) groups excluding carboxylic acids is 1. The Bertz CT molecular complexity index is 2160. The Balaban J connectivity index is 1.10. The second-order valence-electron chi connectivity index (χ2n) is 22.9. The predicted molar refractivity (Wildman–Crippen MR) is 245 cm³/mol. The van der Waals surface area contributed by atoms with E-state index >= 15 is 0 Å². The molecule has 0 spiro atoms. The molecule has 0 radical (unpaired) electrons. The number of allylic oxidation sites excluding steroid dienone is 5. The molecule has 10 nitrogen and oxygen atoms in total. The predicted octanol–water partition coefficient (Wildman–Crippen LogP) is 6.78. The molecule has 1 aromatic rings. The fraction of sp³-hybridized carbons (Fsp3) is 0.740. The second-order valence-corrected chi connectivity index (χ2v) is 25.5. The zero-order chi connectivity index (χ0) is 43.2. The average molecular weight is 884 g/mol. The highest BCUT2D eigenvalue weighted by Gasteiger charge is 2.73. The minimum absolute atomic E-state index is 0.00981. The van der Waals surface area contributed by atoms with Gasteiger partial charge in [-0.05, 0) is 135 Å². The number of hydrogen-bond donors (Lipinski definition) is 6. The third-order valence-electron chi connectivity index (χ3n) is 19.6. The van der Waals surface area contributed by atoms with Gasteiger partial charge in [0.25, 0.3) is 0 Å². The Hall–Kier alpha value is -2.35. The molecule has 10 aliphatic rings. The van der Waals surface area contributed by atoms with Gasteiger partial charge in [-0.2, -0.15) is 0 Å². The first-order valence-electron chi connectivity index (χ1n) is 24.0. The zero-order valence-electron chi connectivity index (χ0n) is 37.0. The Morgan fingerprint density at radius 2 is 1.76 bits per heavy atom. The molecule has 0 amide bonds. The first kappa shape index (κ1) is 42.3. The Labute approximate surface area is 375 Å². The van der Waals surface area contributed by atoms with Crippen LogP contribution in [0.15, 0.2) is 69.8 Å². The van der Waals surface area contributed by atoms with E-state index in [1.54, 1.807) is 22.8 Å². The van der Waals surface area contributed by atoms with Crippen LogP contribution in [0, 0.1) is 81.3 Å². The lowest BCUT2D eigenvalue weighted by atomic mass is 9.42. The molecule has 4 bridgehead atoms. The summed E-state index contributed by atoms with van der Waals surface area (Å²) in [7, 11) is 3.74. The maximum Gasteiger partial charge on any atom is 0.185 e. The van der Waals surface area contributed by atoms with Gasteiger partial charge in [0.2, 0.25) is 0 Å². The Morgan fingerprint density at radius 3 is 2.53 bits per heavy atom. The maximum absolute atomic E-state index is 14.6. The zero-order valence-corrected chi connectivity index (χ0v) is 38.7. The molecule has 1 aliphatic heterocycles. The first-order valence-corrected chi connectivity index (χ1v) is 26.5. The largest absolute Gasteiger partial charge is 0.392 e. The van der Waals surface area contributed by atoms with Gasteiger partial charge in [-0.1, -0.05) is 83.7 Å². The van der Waals surface area contributed by atoms with Crippen molar-refractivity contribution in [2.24, 2.45) is 97.8 Å². The number of nitrogens with two attached hydrogens (primary N) is 2. The quantitative estimate of drug-likeness (QED) is 0.0820. The maximum atomic E-state index is 14.6. The van der Waals surface area contributed by atoms with Crippen molar-refractivity contribution < 1.29 is 25.2 Å². The van der Waals surface area contributed by atoms with Crippen molar-refractivity contribution >= 4 is 33.3 Å². The van der Waals surface area contributed by atoms with Crippen molar-refractivity contribution in [3.8, 4) is 0 Å². The summed E-state index contributed by atoms with van der Waals surface area (Å²) in [6.07, 6.45) is 19.8. The molecule has 62 heavy (non-hydrogen) atoms. The van der Waals surface area contributed by atoms with Crippen LogP contribution >= 0.6 is 21.6 Å². The van der Waals surface area contributed by atoms with E-state index in [0.717, 1.165) is 49.9 Å². The molecule has 8 N–H and O–H groups in total. The van der Waals surface area contributed by atoms with Gasteiger partial charge >= 0.3 is 0 Å². The number of nitrogens with zero attached hydrogens (tertiary/aromatic N) is 3. The van der Waals surface area contributed by atoms with Crippen LogP contribution in [0.3, 0.4) is 0 Å². The molecule has 11 rings (SSSR count). The van der Waals surface area contributed by atoms with Crippen LogP contribution in [0.1, 0.15) is 104 Å². The molecule has 2 heterocycles.